The van der Waals surface area contributed by atoms with Gasteiger partial charge in [-0.2, -0.15) is 4.72 Å². The quantitative estimate of drug-likeness (QED) is 0.846. The van der Waals surface area contributed by atoms with Crippen LogP contribution in [0.1, 0.15) is 33.3 Å². The van der Waals surface area contributed by atoms with Gasteiger partial charge in [0.2, 0.25) is 15.9 Å². The van der Waals surface area contributed by atoms with Gasteiger partial charge in [0, 0.05) is 10.0 Å². The van der Waals surface area contributed by atoms with Crippen molar-refractivity contribution >= 4 is 31.9 Å². The van der Waals surface area contributed by atoms with Gasteiger partial charge in [0.15, 0.2) is 0 Å². The van der Waals surface area contributed by atoms with Gasteiger partial charge in [0.1, 0.15) is 0 Å². The molecule has 0 radical (unpaired) electrons. The van der Waals surface area contributed by atoms with Crippen LogP contribution in [0.5, 0.6) is 0 Å². The number of benzene rings is 1. The molecule has 0 aliphatic rings. The van der Waals surface area contributed by atoms with Crippen molar-refractivity contribution in [3.05, 3.63) is 28.2 Å². The monoisotopic (exact) mass is 376 g/mol. The fourth-order valence-electron chi connectivity index (χ4n) is 1.65. The molecule has 0 aromatic heterocycles. The van der Waals surface area contributed by atoms with Crippen LogP contribution in [0, 0.1) is 6.92 Å². The van der Waals surface area contributed by atoms with E-state index in [0.29, 0.717) is 4.47 Å². The van der Waals surface area contributed by atoms with Gasteiger partial charge < -0.3 is 5.32 Å². The molecule has 1 aromatic carbocycles. The van der Waals surface area contributed by atoms with Crippen LogP contribution in [-0.4, -0.2) is 25.9 Å². The van der Waals surface area contributed by atoms with E-state index >= 15 is 0 Å². The Morgan fingerprint density at radius 1 is 1.29 bits per heavy atom. The number of aryl methyl sites for hydroxylation is 1. The highest BCUT2D eigenvalue weighted by atomic mass is 79.9. The smallest absolute Gasteiger partial charge is 0.242 e. The summed E-state index contributed by atoms with van der Waals surface area (Å²) in [6, 6.07) is 4.08. The van der Waals surface area contributed by atoms with Crippen LogP contribution in [0.25, 0.3) is 0 Å². The largest absolute Gasteiger partial charge is 0.350 e. The van der Waals surface area contributed by atoms with E-state index < -0.39 is 21.6 Å². The number of sulfonamides is 1. The SMILES string of the molecule is Cc1ccc(S(=O)(=O)NC(C)C(=O)NC(C)(C)C)c(Br)c1. The molecule has 1 atom stereocenters. The molecule has 0 heterocycles. The maximum absolute atomic E-state index is 12.3. The Labute approximate surface area is 134 Å². The van der Waals surface area contributed by atoms with E-state index in [-0.39, 0.29) is 10.8 Å². The van der Waals surface area contributed by atoms with Crippen molar-refractivity contribution < 1.29 is 13.2 Å². The molecule has 7 heteroatoms. The van der Waals surface area contributed by atoms with Crippen molar-refractivity contribution in [1.29, 1.82) is 0 Å². The molecule has 0 aliphatic carbocycles. The van der Waals surface area contributed by atoms with Crippen LogP contribution in [0.3, 0.4) is 0 Å². The summed E-state index contributed by atoms with van der Waals surface area (Å²) < 4.78 is 27.5. The van der Waals surface area contributed by atoms with Crippen molar-refractivity contribution in [2.45, 2.75) is 51.1 Å². The molecule has 1 aromatic rings. The van der Waals surface area contributed by atoms with Gasteiger partial charge in [-0.05, 0) is 68.2 Å². The number of hydrogen-bond acceptors (Lipinski definition) is 3. The van der Waals surface area contributed by atoms with Crippen LogP contribution in [0.15, 0.2) is 27.6 Å². The van der Waals surface area contributed by atoms with E-state index in [2.05, 4.69) is 26.0 Å². The summed E-state index contributed by atoms with van der Waals surface area (Å²) in [6.07, 6.45) is 0. The Morgan fingerprint density at radius 2 is 1.86 bits per heavy atom. The molecular formula is C14H21BrN2O3S. The summed E-state index contributed by atoms with van der Waals surface area (Å²) >= 11 is 3.24. The predicted molar refractivity (Wildman–Crippen MR) is 86.6 cm³/mol. The Balaban J connectivity index is 2.92. The minimum absolute atomic E-state index is 0.114. The molecule has 2 N–H and O–H groups in total. The Kier molecular flexibility index (Phi) is 5.57. The predicted octanol–water partition coefficient (Wildman–Crippen LogP) is 2.34. The van der Waals surface area contributed by atoms with Gasteiger partial charge in [0.05, 0.1) is 10.9 Å². The highest BCUT2D eigenvalue weighted by molar-refractivity contribution is 9.10. The molecule has 0 fully saturated rings. The van der Waals surface area contributed by atoms with E-state index in [0.717, 1.165) is 5.56 Å². The zero-order valence-electron chi connectivity index (χ0n) is 12.8. The lowest BCUT2D eigenvalue weighted by atomic mass is 10.1. The maximum atomic E-state index is 12.3. The lowest BCUT2D eigenvalue weighted by Gasteiger charge is -2.23. The fraction of sp³-hybridized carbons (Fsp3) is 0.500. The number of hydrogen-bond donors (Lipinski definition) is 2. The Morgan fingerprint density at radius 3 is 2.33 bits per heavy atom. The molecule has 0 bridgehead atoms. The summed E-state index contributed by atoms with van der Waals surface area (Å²) in [4.78, 5) is 12.1. The van der Waals surface area contributed by atoms with Gasteiger partial charge in [-0.1, -0.05) is 6.07 Å². The standard InChI is InChI=1S/C14H21BrN2O3S/c1-9-6-7-12(11(15)8-9)21(19,20)17-10(2)13(18)16-14(3,4)5/h6-8,10,17H,1-5H3,(H,16,18). The van der Waals surface area contributed by atoms with Gasteiger partial charge >= 0.3 is 0 Å². The first-order chi connectivity index (χ1) is 9.42. The number of carbonyl (C=O) groups excluding carboxylic acids is 1. The first-order valence-electron chi connectivity index (χ1n) is 6.53. The van der Waals surface area contributed by atoms with Gasteiger partial charge in [-0.15, -0.1) is 0 Å². The summed E-state index contributed by atoms with van der Waals surface area (Å²) in [5.74, 6) is -0.366. The highest BCUT2D eigenvalue weighted by Gasteiger charge is 2.25. The molecule has 1 amide bonds. The fourth-order valence-corrected chi connectivity index (χ4v) is 4.05. The molecule has 0 aliphatic heterocycles. The molecule has 1 rings (SSSR count). The minimum Gasteiger partial charge on any atom is -0.350 e. The summed E-state index contributed by atoms with van der Waals surface area (Å²) in [7, 11) is -3.77. The van der Waals surface area contributed by atoms with E-state index in [1.807, 2.05) is 27.7 Å². The van der Waals surface area contributed by atoms with Gasteiger partial charge in [0.25, 0.3) is 0 Å². The van der Waals surface area contributed by atoms with Crippen LogP contribution < -0.4 is 10.0 Å². The van der Waals surface area contributed by atoms with Crippen molar-refractivity contribution in [3.8, 4) is 0 Å². The number of halogens is 1. The Bertz CT molecular complexity index is 636. The molecule has 21 heavy (non-hydrogen) atoms. The zero-order chi connectivity index (χ0) is 16.4. The molecule has 0 saturated heterocycles. The number of carbonyl (C=O) groups is 1. The average Bonchev–Trinajstić information content (AvgIpc) is 2.24. The lowest BCUT2D eigenvalue weighted by molar-refractivity contribution is -0.123. The van der Waals surface area contributed by atoms with Crippen LogP contribution >= 0.6 is 15.9 Å². The van der Waals surface area contributed by atoms with E-state index in [1.54, 1.807) is 12.1 Å². The molecule has 5 nitrogen and oxygen atoms in total. The second kappa shape index (κ2) is 6.46. The normalized spacial score (nSPS) is 13.8. The van der Waals surface area contributed by atoms with Gasteiger partial charge in [-0.3, -0.25) is 4.79 Å². The third kappa shape index (κ3) is 5.41. The van der Waals surface area contributed by atoms with Crippen molar-refractivity contribution in [2.24, 2.45) is 0 Å². The first kappa shape index (κ1) is 18.1. The van der Waals surface area contributed by atoms with Crippen molar-refractivity contribution in [1.82, 2.24) is 10.0 Å². The van der Waals surface area contributed by atoms with Crippen LogP contribution in [0.4, 0.5) is 0 Å². The summed E-state index contributed by atoms with van der Waals surface area (Å²) in [5.41, 5.74) is 0.528. The van der Waals surface area contributed by atoms with Gasteiger partial charge in [-0.25, -0.2) is 8.42 Å². The second-order valence-corrected chi connectivity index (χ2v) is 8.55. The highest BCUT2D eigenvalue weighted by Crippen LogP contribution is 2.23. The maximum Gasteiger partial charge on any atom is 0.242 e. The van der Waals surface area contributed by atoms with Crippen LogP contribution in [0.2, 0.25) is 0 Å². The number of amides is 1. The summed E-state index contributed by atoms with van der Waals surface area (Å²) in [5, 5.41) is 2.74. The molecular weight excluding hydrogens is 356 g/mol. The molecule has 0 spiro atoms. The third-order valence-electron chi connectivity index (χ3n) is 2.60. The van der Waals surface area contributed by atoms with E-state index in [4.69, 9.17) is 0 Å². The topological polar surface area (TPSA) is 75.3 Å². The van der Waals surface area contributed by atoms with E-state index in [9.17, 15) is 13.2 Å². The second-order valence-electron chi connectivity index (χ2n) is 6.02. The number of nitrogens with one attached hydrogen (secondary N) is 2. The van der Waals surface area contributed by atoms with Crippen molar-refractivity contribution in [2.75, 3.05) is 0 Å². The first-order valence-corrected chi connectivity index (χ1v) is 8.80. The Hall–Kier alpha value is -0.920. The molecule has 0 saturated carbocycles. The average molecular weight is 377 g/mol. The number of rotatable bonds is 4. The third-order valence-corrected chi connectivity index (χ3v) is 5.12. The van der Waals surface area contributed by atoms with Crippen LogP contribution in [-0.2, 0) is 14.8 Å². The molecule has 118 valence electrons. The lowest BCUT2D eigenvalue weighted by Crippen LogP contribution is -2.50. The minimum atomic E-state index is -3.77. The van der Waals surface area contributed by atoms with E-state index in [1.165, 1.54) is 13.0 Å². The molecule has 1 unspecified atom stereocenters. The summed E-state index contributed by atoms with van der Waals surface area (Å²) in [6.45, 7) is 8.89. The zero-order valence-corrected chi connectivity index (χ0v) is 15.2. The van der Waals surface area contributed by atoms with Crippen molar-refractivity contribution in [3.63, 3.8) is 0 Å².